The number of oxazole rings is 1. The first-order valence-corrected chi connectivity index (χ1v) is 11.8. The van der Waals surface area contributed by atoms with Gasteiger partial charge in [0.15, 0.2) is 11.5 Å². The lowest BCUT2D eigenvalue weighted by Gasteiger charge is -2.31. The molecular weight excluding hydrogens is 442 g/mol. The Bertz CT molecular complexity index is 1410. The van der Waals surface area contributed by atoms with Gasteiger partial charge >= 0.3 is 0 Å². The Morgan fingerprint density at radius 3 is 2.46 bits per heavy atom. The molecule has 1 atom stereocenters. The summed E-state index contributed by atoms with van der Waals surface area (Å²) >= 11 is 0. The van der Waals surface area contributed by atoms with Crippen LogP contribution in [0.2, 0.25) is 0 Å². The minimum Gasteiger partial charge on any atom is -0.440 e. The predicted octanol–water partition coefficient (Wildman–Crippen LogP) is 4.64. The summed E-state index contributed by atoms with van der Waals surface area (Å²) in [5, 5.41) is 0. The number of para-hydroxylation sites is 2. The number of hydrogen-bond acceptors (Lipinski definition) is 5. The molecule has 2 aliphatic heterocycles. The summed E-state index contributed by atoms with van der Waals surface area (Å²) in [5.41, 5.74) is 3.69. The van der Waals surface area contributed by atoms with Gasteiger partial charge in [-0.1, -0.05) is 36.4 Å². The van der Waals surface area contributed by atoms with Crippen LogP contribution in [0.25, 0.3) is 11.1 Å². The van der Waals surface area contributed by atoms with Crippen molar-refractivity contribution in [3.63, 3.8) is 0 Å². The molecule has 0 aliphatic carbocycles. The van der Waals surface area contributed by atoms with Crippen LogP contribution in [-0.4, -0.2) is 45.6 Å². The van der Waals surface area contributed by atoms with Crippen molar-refractivity contribution in [3.8, 4) is 0 Å². The summed E-state index contributed by atoms with van der Waals surface area (Å²) in [4.78, 5) is 46.5. The number of carbonyl (C=O) groups is 3. The number of fused-ring (bicyclic) bond motifs is 2. The summed E-state index contributed by atoms with van der Waals surface area (Å²) in [6.07, 6.45) is 1.78. The summed E-state index contributed by atoms with van der Waals surface area (Å²) in [7, 11) is 0. The quantitative estimate of drug-likeness (QED) is 0.410. The number of nitrogens with zero attached hydrogens (tertiary/aromatic N) is 3. The van der Waals surface area contributed by atoms with Crippen LogP contribution in [0.1, 0.15) is 61.3 Å². The second kappa shape index (κ2) is 8.51. The molecule has 174 valence electrons. The van der Waals surface area contributed by atoms with Crippen LogP contribution in [0.5, 0.6) is 0 Å². The van der Waals surface area contributed by atoms with E-state index in [1.165, 1.54) is 4.90 Å². The molecule has 7 heteroatoms. The van der Waals surface area contributed by atoms with Gasteiger partial charge in [-0.15, -0.1) is 0 Å². The third kappa shape index (κ3) is 3.79. The highest BCUT2D eigenvalue weighted by atomic mass is 16.3. The zero-order valence-corrected chi connectivity index (χ0v) is 19.0. The Hall–Kier alpha value is -4.26. The van der Waals surface area contributed by atoms with E-state index in [2.05, 4.69) is 4.98 Å². The number of carbonyl (C=O) groups excluding carboxylic acids is 3. The van der Waals surface area contributed by atoms with Crippen molar-refractivity contribution in [1.29, 1.82) is 0 Å². The maximum Gasteiger partial charge on any atom is 0.261 e. The number of aromatic nitrogens is 1. The van der Waals surface area contributed by atoms with Crippen LogP contribution in [0.15, 0.2) is 77.2 Å². The van der Waals surface area contributed by atoms with Crippen molar-refractivity contribution in [1.82, 2.24) is 14.8 Å². The second-order valence-electron chi connectivity index (χ2n) is 9.05. The molecule has 3 heterocycles. The van der Waals surface area contributed by atoms with Gasteiger partial charge in [-0.3, -0.25) is 19.3 Å². The molecule has 3 amide bonds. The van der Waals surface area contributed by atoms with Crippen molar-refractivity contribution in [2.45, 2.75) is 25.3 Å². The Morgan fingerprint density at radius 1 is 0.943 bits per heavy atom. The minimum absolute atomic E-state index is 0.0432. The van der Waals surface area contributed by atoms with Gasteiger partial charge in [0.05, 0.1) is 23.6 Å². The fourth-order valence-corrected chi connectivity index (χ4v) is 4.98. The lowest BCUT2D eigenvalue weighted by atomic mass is 9.97. The van der Waals surface area contributed by atoms with E-state index in [-0.39, 0.29) is 30.2 Å². The van der Waals surface area contributed by atoms with Gasteiger partial charge in [0.1, 0.15) is 5.52 Å². The number of hydrogen-bond donors (Lipinski definition) is 0. The summed E-state index contributed by atoms with van der Waals surface area (Å²) in [6, 6.07) is 21.7. The minimum atomic E-state index is -0.306. The molecule has 0 N–H and O–H groups in total. The summed E-state index contributed by atoms with van der Waals surface area (Å²) in [5.74, 6) is 0.0267. The van der Waals surface area contributed by atoms with Crippen LogP contribution >= 0.6 is 0 Å². The van der Waals surface area contributed by atoms with Gasteiger partial charge in [0, 0.05) is 18.7 Å². The lowest BCUT2D eigenvalue weighted by molar-refractivity contribution is 0.0641. The van der Waals surface area contributed by atoms with Gasteiger partial charge in [-0.25, -0.2) is 4.98 Å². The molecule has 1 saturated heterocycles. The molecule has 7 nitrogen and oxygen atoms in total. The molecule has 0 bridgehead atoms. The van der Waals surface area contributed by atoms with Gasteiger partial charge < -0.3 is 9.32 Å². The summed E-state index contributed by atoms with van der Waals surface area (Å²) < 4.78 is 5.96. The van der Waals surface area contributed by atoms with Gasteiger partial charge in [-0.2, -0.15) is 0 Å². The summed E-state index contributed by atoms with van der Waals surface area (Å²) in [6.45, 7) is 1.32. The highest BCUT2D eigenvalue weighted by Gasteiger charge is 2.35. The maximum absolute atomic E-state index is 13.4. The molecule has 6 rings (SSSR count). The van der Waals surface area contributed by atoms with Crippen molar-refractivity contribution in [3.05, 3.63) is 101 Å². The average Bonchev–Trinajstić information content (AvgIpc) is 3.44. The predicted molar refractivity (Wildman–Crippen MR) is 129 cm³/mol. The van der Waals surface area contributed by atoms with E-state index >= 15 is 0 Å². The highest BCUT2D eigenvalue weighted by molar-refractivity contribution is 6.21. The Labute approximate surface area is 202 Å². The van der Waals surface area contributed by atoms with E-state index in [0.717, 1.165) is 29.5 Å². The number of benzene rings is 3. The van der Waals surface area contributed by atoms with E-state index < -0.39 is 0 Å². The third-order valence-electron chi connectivity index (χ3n) is 6.76. The third-order valence-corrected chi connectivity index (χ3v) is 6.76. The van der Waals surface area contributed by atoms with Crippen LogP contribution < -0.4 is 0 Å². The molecule has 1 fully saturated rings. The van der Waals surface area contributed by atoms with Crippen LogP contribution in [0.3, 0.4) is 0 Å². The Balaban J connectivity index is 1.18. The number of amides is 3. The Kier molecular flexibility index (Phi) is 5.17. The monoisotopic (exact) mass is 465 g/mol. The number of piperidine rings is 1. The fraction of sp³-hybridized carbons (Fsp3) is 0.214. The molecule has 1 unspecified atom stereocenters. The van der Waals surface area contributed by atoms with Gasteiger partial charge in [0.2, 0.25) is 0 Å². The molecule has 1 aromatic heterocycles. The van der Waals surface area contributed by atoms with Crippen LogP contribution in [0.4, 0.5) is 0 Å². The topological polar surface area (TPSA) is 83.7 Å². The molecule has 3 aromatic carbocycles. The molecule has 0 spiro atoms. The maximum atomic E-state index is 13.4. The number of likely N-dealkylation sites (tertiary alicyclic amines) is 1. The van der Waals surface area contributed by atoms with Crippen molar-refractivity contribution >= 4 is 28.8 Å². The van der Waals surface area contributed by atoms with Crippen molar-refractivity contribution in [2.24, 2.45) is 0 Å². The molecule has 2 aliphatic rings. The normalized spacial score (nSPS) is 17.8. The largest absolute Gasteiger partial charge is 0.440 e. The molecular formula is C28H23N3O4. The first-order chi connectivity index (χ1) is 17.1. The molecule has 35 heavy (non-hydrogen) atoms. The van der Waals surface area contributed by atoms with Crippen LogP contribution in [0, 0.1) is 0 Å². The standard InChI is InChI=1S/C28H23N3O4/c32-26(30-14-6-9-20(17-30)25-29-23-12-3-4-13-24(23)35-25)19-8-5-7-18(15-19)16-31-27(33)21-10-1-2-11-22(21)28(31)34/h1-5,7-8,10-13,15,20H,6,9,14,16-17H2. The molecule has 0 saturated carbocycles. The first-order valence-electron chi connectivity index (χ1n) is 11.8. The zero-order chi connectivity index (χ0) is 23.9. The van der Waals surface area contributed by atoms with E-state index in [4.69, 9.17) is 4.42 Å². The number of rotatable bonds is 4. The van der Waals surface area contributed by atoms with Gasteiger partial charge in [-0.05, 0) is 54.8 Å². The van der Waals surface area contributed by atoms with E-state index in [1.807, 2.05) is 35.2 Å². The zero-order valence-electron chi connectivity index (χ0n) is 19.0. The van der Waals surface area contributed by atoms with Crippen LogP contribution in [-0.2, 0) is 6.54 Å². The van der Waals surface area contributed by atoms with Crippen molar-refractivity contribution < 1.29 is 18.8 Å². The second-order valence-corrected chi connectivity index (χ2v) is 9.05. The van der Waals surface area contributed by atoms with Crippen molar-refractivity contribution in [2.75, 3.05) is 13.1 Å². The first kappa shape index (κ1) is 21.3. The lowest BCUT2D eigenvalue weighted by Crippen LogP contribution is -2.39. The van der Waals surface area contributed by atoms with E-state index in [0.29, 0.717) is 35.7 Å². The molecule has 0 radical (unpaired) electrons. The fourth-order valence-electron chi connectivity index (χ4n) is 4.98. The molecule has 4 aromatic rings. The smallest absolute Gasteiger partial charge is 0.261 e. The van der Waals surface area contributed by atoms with Gasteiger partial charge in [0.25, 0.3) is 17.7 Å². The average molecular weight is 466 g/mol. The SMILES string of the molecule is O=C(c1cccc(CN2C(=O)c3ccccc3C2=O)c1)N1CCCC(c2nc3ccccc3o2)C1. The van der Waals surface area contributed by atoms with E-state index in [1.54, 1.807) is 42.5 Å². The number of imide groups is 1. The highest BCUT2D eigenvalue weighted by Crippen LogP contribution is 2.30. The Morgan fingerprint density at radius 2 is 1.69 bits per heavy atom. The van der Waals surface area contributed by atoms with E-state index in [9.17, 15) is 14.4 Å².